The summed E-state index contributed by atoms with van der Waals surface area (Å²) >= 11 is 6.18. The summed E-state index contributed by atoms with van der Waals surface area (Å²) in [5.41, 5.74) is 2.51. The van der Waals surface area contributed by atoms with Gasteiger partial charge in [0.15, 0.2) is 11.6 Å². The van der Waals surface area contributed by atoms with Gasteiger partial charge in [-0.3, -0.25) is 4.99 Å². The zero-order valence-electron chi connectivity index (χ0n) is 18.9. The highest BCUT2D eigenvalue weighted by Gasteiger charge is 2.19. The predicted molar refractivity (Wildman–Crippen MR) is 132 cm³/mol. The molecule has 0 unspecified atom stereocenters. The number of unbranched alkanes of at least 4 members (excludes halogenated alkanes) is 2. The molecule has 0 bridgehead atoms. The standard InChI is InChI=1S/C23H31ClN8/c1-5-7-15-32(6-2)22-20(29-23(24)30-22)17(3)31(4)14-9-8-11-19-27-16-18(28-19)21-25-12-10-13-26-21/h6,10,12-13H,2-3,5,7-9,11,14-16H2,1,4H3,(H,29,30). The van der Waals surface area contributed by atoms with Crippen LogP contribution in [0.15, 0.2) is 47.8 Å². The molecule has 0 spiro atoms. The van der Waals surface area contributed by atoms with E-state index >= 15 is 0 Å². The summed E-state index contributed by atoms with van der Waals surface area (Å²) in [5, 5.41) is 0.350. The maximum Gasteiger partial charge on any atom is 0.202 e. The van der Waals surface area contributed by atoms with E-state index in [0.717, 1.165) is 73.9 Å². The predicted octanol–water partition coefficient (Wildman–Crippen LogP) is 4.58. The van der Waals surface area contributed by atoms with Crippen LogP contribution in [-0.2, 0) is 0 Å². The van der Waals surface area contributed by atoms with Crippen LogP contribution in [0.5, 0.6) is 0 Å². The van der Waals surface area contributed by atoms with Crippen LogP contribution in [0.4, 0.5) is 5.82 Å². The number of aromatic amines is 1. The molecular weight excluding hydrogens is 424 g/mol. The number of hydrogen-bond donors (Lipinski definition) is 1. The Balaban J connectivity index is 1.50. The molecule has 0 atom stereocenters. The normalized spacial score (nSPS) is 13.0. The van der Waals surface area contributed by atoms with E-state index in [9.17, 15) is 0 Å². The summed E-state index contributed by atoms with van der Waals surface area (Å²) in [7, 11) is 2.03. The van der Waals surface area contributed by atoms with Crippen LogP contribution < -0.4 is 4.90 Å². The molecule has 8 nitrogen and oxygen atoms in total. The summed E-state index contributed by atoms with van der Waals surface area (Å²) in [5.74, 6) is 2.29. The number of anilines is 1. The first-order valence-electron chi connectivity index (χ1n) is 11.0. The van der Waals surface area contributed by atoms with Crippen molar-refractivity contribution in [3.8, 4) is 0 Å². The lowest BCUT2D eigenvalue weighted by Crippen LogP contribution is -2.22. The van der Waals surface area contributed by atoms with Crippen LogP contribution in [0.3, 0.4) is 0 Å². The number of H-pyrrole nitrogens is 1. The van der Waals surface area contributed by atoms with Gasteiger partial charge in [0.05, 0.1) is 12.2 Å². The van der Waals surface area contributed by atoms with Crippen molar-refractivity contribution in [2.24, 2.45) is 9.98 Å². The lowest BCUT2D eigenvalue weighted by atomic mass is 10.2. The van der Waals surface area contributed by atoms with E-state index in [1.54, 1.807) is 24.7 Å². The average Bonchev–Trinajstić information content (AvgIpc) is 3.44. The van der Waals surface area contributed by atoms with Crippen molar-refractivity contribution >= 4 is 34.7 Å². The maximum atomic E-state index is 6.18. The highest BCUT2D eigenvalue weighted by atomic mass is 35.5. The van der Waals surface area contributed by atoms with Crippen LogP contribution in [-0.4, -0.2) is 63.1 Å². The zero-order chi connectivity index (χ0) is 22.9. The van der Waals surface area contributed by atoms with Crippen molar-refractivity contribution in [3.63, 3.8) is 0 Å². The Kier molecular flexibility index (Phi) is 8.56. The third kappa shape index (κ3) is 6.03. The summed E-state index contributed by atoms with van der Waals surface area (Å²) in [6.07, 6.45) is 10.2. The molecule has 3 heterocycles. The van der Waals surface area contributed by atoms with Gasteiger partial charge in [0.25, 0.3) is 0 Å². The van der Waals surface area contributed by atoms with E-state index in [2.05, 4.69) is 54.9 Å². The molecule has 1 aliphatic rings. The largest absolute Gasteiger partial charge is 0.373 e. The fourth-order valence-corrected chi connectivity index (χ4v) is 3.59. The van der Waals surface area contributed by atoms with Crippen molar-refractivity contribution in [2.75, 3.05) is 31.6 Å². The SMILES string of the molecule is C=CN(CCCC)c1nc(Cl)[nH]c1C(=C)N(C)CCCCC1=NCC(c2ncccn2)=N1. The second-order valence-corrected chi connectivity index (χ2v) is 8.00. The molecule has 0 saturated carbocycles. The lowest BCUT2D eigenvalue weighted by molar-refractivity contribution is 0.459. The highest BCUT2D eigenvalue weighted by Crippen LogP contribution is 2.28. The zero-order valence-corrected chi connectivity index (χ0v) is 19.6. The second-order valence-electron chi connectivity index (χ2n) is 7.64. The molecule has 2 aromatic rings. The fourth-order valence-electron chi connectivity index (χ4n) is 3.41. The first-order valence-corrected chi connectivity index (χ1v) is 11.3. The summed E-state index contributed by atoms with van der Waals surface area (Å²) in [4.78, 5) is 29.4. The van der Waals surface area contributed by atoms with Crippen LogP contribution in [0.25, 0.3) is 5.70 Å². The molecule has 0 aliphatic carbocycles. The molecule has 32 heavy (non-hydrogen) atoms. The van der Waals surface area contributed by atoms with Crippen LogP contribution in [0, 0.1) is 0 Å². The fraction of sp³-hybridized carbons (Fsp3) is 0.435. The number of nitrogens with one attached hydrogen (secondary N) is 1. The van der Waals surface area contributed by atoms with Gasteiger partial charge in [0.2, 0.25) is 5.28 Å². The minimum absolute atomic E-state index is 0.350. The van der Waals surface area contributed by atoms with Crippen LogP contribution in [0.2, 0.25) is 5.28 Å². The van der Waals surface area contributed by atoms with Gasteiger partial charge in [0, 0.05) is 39.0 Å². The van der Waals surface area contributed by atoms with Crippen molar-refractivity contribution in [1.82, 2.24) is 24.8 Å². The molecule has 1 N–H and O–H groups in total. The minimum Gasteiger partial charge on any atom is -0.373 e. The Morgan fingerprint density at radius 2 is 2.00 bits per heavy atom. The smallest absolute Gasteiger partial charge is 0.202 e. The number of halogens is 1. The van der Waals surface area contributed by atoms with E-state index in [-0.39, 0.29) is 0 Å². The molecule has 1 aliphatic heterocycles. The Morgan fingerprint density at radius 3 is 2.72 bits per heavy atom. The molecule has 9 heteroatoms. The molecular formula is C23H31ClN8. The molecule has 0 saturated heterocycles. The Morgan fingerprint density at radius 1 is 1.22 bits per heavy atom. The van der Waals surface area contributed by atoms with E-state index < -0.39 is 0 Å². The number of imidazole rings is 1. The number of amidine groups is 1. The van der Waals surface area contributed by atoms with Crippen molar-refractivity contribution in [2.45, 2.75) is 39.0 Å². The molecule has 170 valence electrons. The van der Waals surface area contributed by atoms with Gasteiger partial charge in [-0.25, -0.2) is 15.0 Å². The first-order chi connectivity index (χ1) is 15.5. The number of hydrogen-bond acceptors (Lipinski definition) is 7. The first kappa shape index (κ1) is 23.7. The lowest BCUT2D eigenvalue weighted by Gasteiger charge is -2.24. The number of aromatic nitrogens is 4. The summed E-state index contributed by atoms with van der Waals surface area (Å²) in [6, 6.07) is 1.80. The average molecular weight is 455 g/mol. The van der Waals surface area contributed by atoms with Gasteiger partial charge in [-0.1, -0.05) is 26.5 Å². The van der Waals surface area contributed by atoms with Crippen molar-refractivity contribution in [1.29, 1.82) is 0 Å². The molecule has 0 amide bonds. The van der Waals surface area contributed by atoms with Gasteiger partial charge in [0.1, 0.15) is 17.2 Å². The van der Waals surface area contributed by atoms with E-state index in [1.807, 2.05) is 11.9 Å². The van der Waals surface area contributed by atoms with Gasteiger partial charge in [-0.05, 0) is 43.1 Å². The number of aliphatic imine (C=N–C) groups is 2. The second kappa shape index (κ2) is 11.6. The van der Waals surface area contributed by atoms with E-state index in [4.69, 9.17) is 11.6 Å². The molecule has 0 aromatic carbocycles. The highest BCUT2D eigenvalue weighted by molar-refractivity contribution is 6.28. The molecule has 2 aromatic heterocycles. The van der Waals surface area contributed by atoms with Gasteiger partial charge in [-0.2, -0.15) is 4.98 Å². The third-order valence-electron chi connectivity index (χ3n) is 5.29. The van der Waals surface area contributed by atoms with Gasteiger partial charge in [-0.15, -0.1) is 0 Å². The van der Waals surface area contributed by atoms with Gasteiger partial charge < -0.3 is 14.8 Å². The molecule has 0 radical (unpaired) electrons. The van der Waals surface area contributed by atoms with Crippen LogP contribution >= 0.6 is 11.6 Å². The Labute approximate surface area is 194 Å². The van der Waals surface area contributed by atoms with E-state index in [0.29, 0.717) is 17.7 Å². The summed E-state index contributed by atoms with van der Waals surface area (Å²) in [6.45, 7) is 12.6. The molecule has 3 rings (SSSR count). The van der Waals surface area contributed by atoms with Gasteiger partial charge >= 0.3 is 0 Å². The van der Waals surface area contributed by atoms with Crippen LogP contribution in [0.1, 0.15) is 50.5 Å². The van der Waals surface area contributed by atoms with Crippen molar-refractivity contribution < 1.29 is 0 Å². The molecule has 0 fully saturated rings. The van der Waals surface area contributed by atoms with Crippen molar-refractivity contribution in [3.05, 3.63) is 54.6 Å². The maximum absolute atomic E-state index is 6.18. The number of nitrogens with zero attached hydrogens (tertiary/aromatic N) is 7. The quantitative estimate of drug-likeness (QED) is 0.448. The van der Waals surface area contributed by atoms with E-state index in [1.165, 1.54) is 0 Å². The topological polar surface area (TPSA) is 85.7 Å². The minimum atomic E-state index is 0.350. The third-order valence-corrected chi connectivity index (χ3v) is 5.47. The summed E-state index contributed by atoms with van der Waals surface area (Å²) < 4.78 is 0. The Bertz CT molecular complexity index is 979. The number of rotatable bonds is 13. The Hall–Kier alpha value is -3.00. The monoisotopic (exact) mass is 454 g/mol.